The highest BCUT2D eigenvalue weighted by molar-refractivity contribution is 5.96. The third kappa shape index (κ3) is 13.2. The van der Waals surface area contributed by atoms with Crippen LogP contribution >= 0.6 is 0 Å². The third-order valence-corrected chi connectivity index (χ3v) is 13.1. The van der Waals surface area contributed by atoms with Gasteiger partial charge in [0.25, 0.3) is 11.8 Å². The molecule has 11 nitrogen and oxygen atoms in total. The number of nitrogens with two attached hydrogens (primary N) is 1. The van der Waals surface area contributed by atoms with Gasteiger partial charge in [0.2, 0.25) is 5.91 Å². The second kappa shape index (κ2) is 24.4. The van der Waals surface area contributed by atoms with Crippen LogP contribution in [0.2, 0.25) is 0 Å². The molecule has 2 aromatic heterocycles. The largest absolute Gasteiger partial charge is 0.468 e. The zero-order valence-corrected chi connectivity index (χ0v) is 41.0. The monoisotopic (exact) mass is 929 g/mol. The van der Waals surface area contributed by atoms with Crippen LogP contribution in [0.25, 0.3) is 11.1 Å². The van der Waals surface area contributed by atoms with E-state index in [4.69, 9.17) is 14.6 Å². The molecule has 0 bridgehead atoms. The number of nitrogens with zero attached hydrogens (tertiary/aromatic N) is 4. The zero-order valence-electron chi connectivity index (χ0n) is 41.0. The number of piperidine rings is 2. The van der Waals surface area contributed by atoms with E-state index in [0.717, 1.165) is 116 Å². The number of anilines is 2. The van der Waals surface area contributed by atoms with Gasteiger partial charge in [0.15, 0.2) is 0 Å². The van der Waals surface area contributed by atoms with E-state index in [1.165, 1.54) is 29.2 Å². The molecule has 2 aliphatic rings. The van der Waals surface area contributed by atoms with Gasteiger partial charge in [-0.2, -0.15) is 0 Å². The number of carbonyl (C=O) groups is 3. The Morgan fingerprint density at radius 1 is 0.522 bits per heavy atom. The van der Waals surface area contributed by atoms with E-state index in [1.807, 2.05) is 122 Å². The summed E-state index contributed by atoms with van der Waals surface area (Å²) >= 11 is 0. The summed E-state index contributed by atoms with van der Waals surface area (Å²) < 4.78 is 11.1. The number of nitrogens with one attached hydrogen (secondary N) is 1. The molecular weight excluding hydrogens is 861 g/mol. The molecular formula is C58H68N6O5. The van der Waals surface area contributed by atoms with Crippen molar-refractivity contribution in [2.24, 2.45) is 0 Å². The van der Waals surface area contributed by atoms with Crippen LogP contribution in [0.3, 0.4) is 0 Å². The average molecular weight is 929 g/mol. The summed E-state index contributed by atoms with van der Waals surface area (Å²) in [6.07, 6.45) is 7.33. The fourth-order valence-corrected chi connectivity index (χ4v) is 9.45. The minimum atomic E-state index is -0.0909. The van der Waals surface area contributed by atoms with Crippen LogP contribution in [0, 0.1) is 0 Å². The Morgan fingerprint density at radius 2 is 0.928 bits per heavy atom. The molecule has 2 saturated heterocycles. The van der Waals surface area contributed by atoms with Crippen molar-refractivity contribution < 1.29 is 23.2 Å². The van der Waals surface area contributed by atoms with Gasteiger partial charge in [-0.1, -0.05) is 59.7 Å². The number of carbonyl (C=O) groups excluding carboxylic acids is 3. The lowest BCUT2D eigenvalue weighted by Crippen LogP contribution is -2.30. The van der Waals surface area contributed by atoms with Crippen LogP contribution in [0.1, 0.15) is 115 Å². The van der Waals surface area contributed by atoms with Crippen molar-refractivity contribution in [2.45, 2.75) is 73.4 Å². The summed E-state index contributed by atoms with van der Waals surface area (Å²) in [5, 5.41) is 2.91. The van der Waals surface area contributed by atoms with Crippen LogP contribution in [0.4, 0.5) is 11.4 Å². The molecule has 0 atom stereocenters. The van der Waals surface area contributed by atoms with Crippen LogP contribution in [0.15, 0.2) is 154 Å². The maximum atomic E-state index is 12.8. The fraction of sp³-hybridized carbons (Fsp3) is 0.328. The summed E-state index contributed by atoms with van der Waals surface area (Å²) in [6, 6.07) is 40.1. The first-order chi connectivity index (χ1) is 33.6. The third-order valence-electron chi connectivity index (χ3n) is 13.1. The minimum absolute atomic E-state index is 0.0552. The molecule has 6 aromatic rings. The zero-order chi connectivity index (χ0) is 48.7. The van der Waals surface area contributed by atoms with Crippen molar-refractivity contribution in [3.63, 3.8) is 0 Å². The Morgan fingerprint density at radius 3 is 1.30 bits per heavy atom. The molecule has 2 aliphatic heterocycles. The van der Waals surface area contributed by atoms with Gasteiger partial charge in [-0.3, -0.25) is 24.2 Å². The van der Waals surface area contributed by atoms with E-state index in [1.54, 1.807) is 12.5 Å². The molecule has 8 rings (SSSR count). The van der Waals surface area contributed by atoms with E-state index in [-0.39, 0.29) is 17.7 Å². The molecule has 3 amide bonds. The fourth-order valence-electron chi connectivity index (χ4n) is 9.45. The summed E-state index contributed by atoms with van der Waals surface area (Å²) in [4.78, 5) is 45.8. The molecule has 0 saturated carbocycles. The molecule has 0 unspecified atom stereocenters. The number of nitrogen functional groups attached to an aromatic ring is 1. The molecule has 2 fully saturated rings. The highest BCUT2D eigenvalue weighted by Crippen LogP contribution is 2.36. The lowest BCUT2D eigenvalue weighted by Gasteiger charge is -2.29. The van der Waals surface area contributed by atoms with Gasteiger partial charge in [0.1, 0.15) is 11.5 Å². The molecule has 0 spiro atoms. The quantitative estimate of drug-likeness (QED) is 0.0975. The number of hydrogen-bond donors (Lipinski definition) is 2. The SMILES string of the molecule is CCN(CC)C(=O)c1ccc(C(=C2CCN(Cc3ccco3)CC2)c2cccc(N)c2)cc1.CCN(CC)C(=O)c1ccc(C(=C2CCN(Cc3ccco3)CC2)c2cccc(NC(C)=O)c2)cc1. The Balaban J connectivity index is 0.000000205. The first-order valence-corrected chi connectivity index (χ1v) is 24.5. The minimum Gasteiger partial charge on any atom is -0.468 e. The van der Waals surface area contributed by atoms with E-state index < -0.39 is 0 Å². The van der Waals surface area contributed by atoms with Crippen molar-refractivity contribution in [3.05, 3.63) is 190 Å². The first-order valence-electron chi connectivity index (χ1n) is 24.5. The molecule has 69 heavy (non-hydrogen) atoms. The number of amides is 3. The molecule has 11 heteroatoms. The predicted molar refractivity (Wildman–Crippen MR) is 277 cm³/mol. The Labute approximate surface area is 408 Å². The highest BCUT2D eigenvalue weighted by atomic mass is 16.3. The van der Waals surface area contributed by atoms with Gasteiger partial charge in [-0.15, -0.1) is 0 Å². The van der Waals surface area contributed by atoms with E-state index >= 15 is 0 Å². The molecule has 4 heterocycles. The van der Waals surface area contributed by atoms with E-state index in [2.05, 4.69) is 51.5 Å². The standard InChI is InChI=1S/C30H35N3O3.C28H33N3O2/c1-4-33(5-2)30(35)25-13-11-23(12-14-25)29(26-8-6-9-27(20-26)31-22(3)34)24-15-17-32(18-16-24)21-28-10-7-19-36-28;1-3-31(4-2)28(32)23-12-10-21(11-13-23)27(24-7-5-8-25(29)19-24)22-14-16-30(17-15-22)20-26-9-6-18-33-26/h6-14,19-20H,4-5,15-18,21H2,1-3H3,(H,31,34);5-13,18-19H,3-4,14-17,20,29H2,1-2H3. The van der Waals surface area contributed by atoms with Gasteiger partial charge >= 0.3 is 0 Å². The first kappa shape index (κ1) is 49.9. The van der Waals surface area contributed by atoms with E-state index in [9.17, 15) is 14.4 Å². The van der Waals surface area contributed by atoms with Crippen molar-refractivity contribution in [1.29, 1.82) is 0 Å². The lowest BCUT2D eigenvalue weighted by molar-refractivity contribution is -0.114. The van der Waals surface area contributed by atoms with Crippen LogP contribution in [-0.2, 0) is 17.9 Å². The molecule has 360 valence electrons. The van der Waals surface area contributed by atoms with Crippen molar-refractivity contribution in [1.82, 2.24) is 19.6 Å². The van der Waals surface area contributed by atoms with Crippen molar-refractivity contribution >= 4 is 40.2 Å². The number of likely N-dealkylation sites (tertiary alicyclic amines) is 2. The summed E-state index contributed by atoms with van der Waals surface area (Å²) in [6.45, 7) is 17.9. The lowest BCUT2D eigenvalue weighted by atomic mass is 9.87. The molecule has 0 aliphatic carbocycles. The molecule has 3 N–H and O–H groups in total. The van der Waals surface area contributed by atoms with Crippen LogP contribution in [-0.4, -0.2) is 89.7 Å². The second-order valence-electron chi connectivity index (χ2n) is 17.7. The summed E-state index contributed by atoms with van der Waals surface area (Å²) in [7, 11) is 0. The molecule has 4 aromatic carbocycles. The van der Waals surface area contributed by atoms with Gasteiger partial charge in [0.05, 0.1) is 25.6 Å². The average Bonchev–Trinajstić information content (AvgIpc) is 4.09. The number of hydrogen-bond acceptors (Lipinski definition) is 8. The summed E-state index contributed by atoms with van der Waals surface area (Å²) in [5.41, 5.74) is 18.8. The molecule has 0 radical (unpaired) electrons. The highest BCUT2D eigenvalue weighted by Gasteiger charge is 2.23. The maximum absolute atomic E-state index is 12.8. The smallest absolute Gasteiger partial charge is 0.253 e. The Bertz CT molecular complexity index is 2660. The van der Waals surface area contributed by atoms with Gasteiger partial charge in [-0.25, -0.2) is 0 Å². The normalized spacial score (nSPS) is 14.1. The Kier molecular flexibility index (Phi) is 17.6. The second-order valence-corrected chi connectivity index (χ2v) is 17.7. The number of furan rings is 2. The summed E-state index contributed by atoms with van der Waals surface area (Å²) in [5.74, 6) is 2.04. The van der Waals surface area contributed by atoms with E-state index in [0.29, 0.717) is 31.7 Å². The maximum Gasteiger partial charge on any atom is 0.253 e. The van der Waals surface area contributed by atoms with Gasteiger partial charge < -0.3 is 29.7 Å². The predicted octanol–water partition coefficient (Wildman–Crippen LogP) is 11.3. The Hall–Kier alpha value is -6.95. The van der Waals surface area contributed by atoms with Crippen molar-refractivity contribution in [3.8, 4) is 0 Å². The topological polar surface area (TPSA) is 128 Å². The van der Waals surface area contributed by atoms with Gasteiger partial charge in [-0.05, 0) is 160 Å². The van der Waals surface area contributed by atoms with Crippen LogP contribution < -0.4 is 11.1 Å². The number of benzene rings is 4. The number of rotatable bonds is 15. The van der Waals surface area contributed by atoms with Crippen molar-refractivity contribution in [2.75, 3.05) is 63.4 Å². The van der Waals surface area contributed by atoms with Crippen LogP contribution in [0.5, 0.6) is 0 Å². The van der Waals surface area contributed by atoms with Gasteiger partial charge in [0, 0.05) is 81.8 Å².